The van der Waals surface area contributed by atoms with E-state index in [-0.39, 0.29) is 18.4 Å². The number of amides is 3. The monoisotopic (exact) mass is 760 g/mol. The smallest absolute Gasteiger partial charge is 0.404 e. The predicted octanol–water partition coefficient (Wildman–Crippen LogP) is 9.68. The van der Waals surface area contributed by atoms with E-state index in [1.54, 1.807) is 34.2 Å². The van der Waals surface area contributed by atoms with Gasteiger partial charge in [-0.05, 0) is 83.8 Å². The average molecular weight is 761 g/mol. The summed E-state index contributed by atoms with van der Waals surface area (Å²) >= 11 is 6.64. The molecular formula is C46H37ClN4O5. The largest absolute Gasteiger partial charge is 0.489 e. The lowest BCUT2D eigenvalue weighted by molar-refractivity contribution is 0.0637. The Morgan fingerprint density at radius 3 is 2.16 bits per heavy atom. The molecule has 0 aliphatic carbocycles. The van der Waals surface area contributed by atoms with Gasteiger partial charge in [-0.25, -0.2) is 4.79 Å². The van der Waals surface area contributed by atoms with E-state index in [0.717, 1.165) is 16.7 Å². The van der Waals surface area contributed by atoms with Crippen LogP contribution in [0.5, 0.6) is 5.75 Å². The zero-order chi connectivity index (χ0) is 38.6. The number of ether oxygens (including phenoxy) is 1. The molecule has 0 saturated heterocycles. The number of anilines is 2. The van der Waals surface area contributed by atoms with E-state index >= 15 is 0 Å². The van der Waals surface area contributed by atoms with Crippen LogP contribution in [0.3, 0.4) is 0 Å². The van der Waals surface area contributed by atoms with Crippen molar-refractivity contribution >= 4 is 51.8 Å². The summed E-state index contributed by atoms with van der Waals surface area (Å²) in [5.74, 6) is 0.118. The van der Waals surface area contributed by atoms with Crippen LogP contribution in [-0.2, 0) is 19.6 Å². The highest BCUT2D eigenvalue weighted by atomic mass is 35.5. The molecule has 0 radical (unpaired) electrons. The molecule has 8 rings (SSSR count). The molecule has 1 atom stereocenters. The average Bonchev–Trinajstić information content (AvgIpc) is 3.62. The number of carboxylic acid groups (broad SMARTS) is 1. The van der Waals surface area contributed by atoms with Gasteiger partial charge in [0.05, 0.1) is 28.4 Å². The van der Waals surface area contributed by atoms with Crippen LogP contribution < -0.4 is 15.0 Å². The van der Waals surface area contributed by atoms with Gasteiger partial charge in [-0.2, -0.15) is 0 Å². The number of rotatable bonds is 10. The Morgan fingerprint density at radius 2 is 1.41 bits per heavy atom. The molecular weight excluding hydrogens is 724 g/mol. The van der Waals surface area contributed by atoms with Gasteiger partial charge in [0.2, 0.25) is 0 Å². The number of nitrogens with one attached hydrogen (secondary N) is 1. The first kappa shape index (κ1) is 36.2. The number of fused-ring (bicyclic) bond motifs is 2. The van der Waals surface area contributed by atoms with Gasteiger partial charge in [-0.3, -0.25) is 14.5 Å². The standard InChI is InChI=1S/C46H37ClN4O5/c47-34-19-24-40(44(52)49-28-33-14-8-7-13-32(33)25-37(49)27-48-46(54)55)43(26-34)50-29-41(39-17-9-10-18-42(39)50)45(53)51(35-15-5-2-6-16-35)36-20-22-38(23-21-36)56-30-31-11-3-1-4-12-31/h1-24,26,29,37,48H,25,27-28,30H2,(H,54,55)/t37-/m0/s1. The van der Waals surface area contributed by atoms with E-state index in [4.69, 9.17) is 16.3 Å². The maximum absolute atomic E-state index is 14.9. The van der Waals surface area contributed by atoms with Crippen LogP contribution in [0.1, 0.15) is 37.4 Å². The zero-order valence-corrected chi connectivity index (χ0v) is 31.0. The SMILES string of the molecule is O=C(O)NC[C@@H]1Cc2ccccc2CN1C(=O)c1ccc(Cl)cc1-n1cc(C(=O)N(c2ccccc2)c2ccc(OCc3ccccc3)cc2)c2ccccc21. The van der Waals surface area contributed by atoms with Crippen LogP contribution in [0.25, 0.3) is 16.6 Å². The van der Waals surface area contributed by atoms with Crippen LogP contribution in [-0.4, -0.2) is 45.1 Å². The van der Waals surface area contributed by atoms with Crippen LogP contribution in [0, 0.1) is 0 Å². The second-order valence-corrected chi connectivity index (χ2v) is 14.0. The Labute approximate surface area is 328 Å². The lowest BCUT2D eigenvalue weighted by Crippen LogP contribution is -2.50. The van der Waals surface area contributed by atoms with Crippen molar-refractivity contribution in [1.82, 2.24) is 14.8 Å². The molecule has 0 saturated carbocycles. The Balaban J connectivity index is 1.17. The second-order valence-electron chi connectivity index (χ2n) is 13.6. The Morgan fingerprint density at radius 1 is 0.750 bits per heavy atom. The fourth-order valence-corrected chi connectivity index (χ4v) is 7.48. The third kappa shape index (κ3) is 7.45. The maximum Gasteiger partial charge on any atom is 0.404 e. The van der Waals surface area contributed by atoms with Crippen molar-refractivity contribution in [3.8, 4) is 11.4 Å². The van der Waals surface area contributed by atoms with Gasteiger partial charge in [0.15, 0.2) is 0 Å². The second kappa shape index (κ2) is 15.9. The fraction of sp³-hybridized carbons (Fsp3) is 0.109. The normalized spacial score (nSPS) is 13.5. The Kier molecular flexibility index (Phi) is 10.2. The topological polar surface area (TPSA) is 104 Å². The first-order valence-corrected chi connectivity index (χ1v) is 18.6. The third-order valence-corrected chi connectivity index (χ3v) is 10.3. The summed E-state index contributed by atoms with van der Waals surface area (Å²) in [7, 11) is 0. The number of halogens is 1. The molecule has 56 heavy (non-hydrogen) atoms. The van der Waals surface area contributed by atoms with Gasteiger partial charge >= 0.3 is 6.09 Å². The molecule has 0 unspecified atom stereocenters. The summed E-state index contributed by atoms with van der Waals surface area (Å²) in [6, 6.07) is 46.9. The maximum atomic E-state index is 14.9. The molecule has 2 N–H and O–H groups in total. The number of benzene rings is 6. The summed E-state index contributed by atoms with van der Waals surface area (Å²) < 4.78 is 7.88. The summed E-state index contributed by atoms with van der Waals surface area (Å²) in [6.07, 6.45) is 1.10. The third-order valence-electron chi connectivity index (χ3n) is 10.1. The van der Waals surface area contributed by atoms with Crippen molar-refractivity contribution in [2.24, 2.45) is 0 Å². The number of para-hydroxylation sites is 2. The van der Waals surface area contributed by atoms with Gasteiger partial charge in [-0.1, -0.05) is 103 Å². The van der Waals surface area contributed by atoms with Crippen molar-refractivity contribution in [1.29, 1.82) is 0 Å². The van der Waals surface area contributed by atoms with Crippen molar-refractivity contribution in [2.45, 2.75) is 25.6 Å². The summed E-state index contributed by atoms with van der Waals surface area (Å²) in [5, 5.41) is 13.0. The van der Waals surface area contributed by atoms with E-state index < -0.39 is 12.1 Å². The lowest BCUT2D eigenvalue weighted by atomic mass is 9.93. The quantitative estimate of drug-likeness (QED) is 0.145. The van der Waals surface area contributed by atoms with Gasteiger partial charge in [-0.15, -0.1) is 0 Å². The number of carbonyl (C=O) groups excluding carboxylic acids is 2. The molecule has 10 heteroatoms. The van der Waals surface area contributed by atoms with E-state index in [9.17, 15) is 19.5 Å². The van der Waals surface area contributed by atoms with E-state index in [1.807, 2.05) is 138 Å². The molecule has 0 fully saturated rings. The fourth-order valence-electron chi connectivity index (χ4n) is 7.32. The van der Waals surface area contributed by atoms with Crippen LogP contribution in [0.4, 0.5) is 16.2 Å². The minimum absolute atomic E-state index is 0.0683. The highest BCUT2D eigenvalue weighted by molar-refractivity contribution is 6.31. The van der Waals surface area contributed by atoms with E-state index in [1.165, 1.54) is 0 Å². The molecule has 0 bridgehead atoms. The molecule has 9 nitrogen and oxygen atoms in total. The van der Waals surface area contributed by atoms with Crippen molar-refractivity contribution in [3.05, 3.63) is 191 Å². The van der Waals surface area contributed by atoms with Gasteiger partial charge in [0.1, 0.15) is 12.4 Å². The predicted molar refractivity (Wildman–Crippen MR) is 218 cm³/mol. The number of carbonyl (C=O) groups is 3. The van der Waals surface area contributed by atoms with Gasteiger partial charge in [0.25, 0.3) is 11.8 Å². The molecule has 2 heterocycles. The molecule has 1 aliphatic heterocycles. The molecule has 6 aromatic carbocycles. The van der Waals surface area contributed by atoms with Crippen LogP contribution in [0.15, 0.2) is 158 Å². The summed E-state index contributed by atoms with van der Waals surface area (Å²) in [6.45, 7) is 0.792. The van der Waals surface area contributed by atoms with Gasteiger partial charge < -0.3 is 24.6 Å². The number of aromatic nitrogens is 1. The van der Waals surface area contributed by atoms with Gasteiger partial charge in [0, 0.05) is 41.1 Å². The summed E-state index contributed by atoms with van der Waals surface area (Å²) in [4.78, 5) is 44.6. The highest BCUT2D eigenvalue weighted by Crippen LogP contribution is 2.35. The van der Waals surface area contributed by atoms with E-state index in [0.29, 0.717) is 69.4 Å². The molecule has 3 amide bonds. The Bertz CT molecular complexity index is 2540. The minimum atomic E-state index is -1.16. The zero-order valence-electron chi connectivity index (χ0n) is 30.2. The molecule has 1 aromatic heterocycles. The molecule has 278 valence electrons. The first-order chi connectivity index (χ1) is 27.3. The van der Waals surface area contributed by atoms with Crippen LogP contribution in [0.2, 0.25) is 5.02 Å². The van der Waals surface area contributed by atoms with Crippen molar-refractivity contribution in [3.63, 3.8) is 0 Å². The molecule has 0 spiro atoms. The lowest BCUT2D eigenvalue weighted by Gasteiger charge is -2.37. The highest BCUT2D eigenvalue weighted by Gasteiger charge is 2.33. The summed E-state index contributed by atoms with van der Waals surface area (Å²) in [5.41, 5.74) is 6.43. The van der Waals surface area contributed by atoms with Crippen LogP contribution >= 0.6 is 11.6 Å². The van der Waals surface area contributed by atoms with Crippen molar-refractivity contribution < 1.29 is 24.2 Å². The minimum Gasteiger partial charge on any atom is -0.489 e. The molecule has 1 aliphatic rings. The number of hydrogen-bond donors (Lipinski definition) is 2. The number of nitrogens with zero attached hydrogens (tertiary/aromatic N) is 3. The molecule has 7 aromatic rings. The Hall–Kier alpha value is -6.84. The number of hydrogen-bond acceptors (Lipinski definition) is 4. The van der Waals surface area contributed by atoms with Crippen molar-refractivity contribution in [2.75, 3.05) is 11.4 Å². The van der Waals surface area contributed by atoms with E-state index in [2.05, 4.69) is 5.32 Å². The first-order valence-electron chi connectivity index (χ1n) is 18.2.